The average Bonchev–Trinajstić information content (AvgIpc) is 3.04. The van der Waals surface area contributed by atoms with E-state index in [9.17, 15) is 5.11 Å². The maximum absolute atomic E-state index is 9.27. The zero-order valence-electron chi connectivity index (χ0n) is 12.9. The van der Waals surface area contributed by atoms with Gasteiger partial charge in [-0.25, -0.2) is 10.4 Å². The van der Waals surface area contributed by atoms with Crippen molar-refractivity contribution < 1.29 is 5.11 Å². The molecule has 3 N–H and O–H groups in total. The van der Waals surface area contributed by atoms with Crippen LogP contribution in [-0.4, -0.2) is 37.0 Å². The van der Waals surface area contributed by atoms with Crippen LogP contribution in [0.4, 0.5) is 0 Å². The van der Waals surface area contributed by atoms with Gasteiger partial charge in [-0.3, -0.25) is 0 Å². The topological polar surface area (TPSA) is 69.0 Å². The van der Waals surface area contributed by atoms with E-state index in [0.717, 1.165) is 19.0 Å². The summed E-state index contributed by atoms with van der Waals surface area (Å²) in [5, 5.41) is 16.8. The Kier molecular flexibility index (Phi) is 4.78. The molecule has 0 aromatic rings. The first-order valence-electron chi connectivity index (χ1n) is 8.48. The van der Waals surface area contributed by atoms with E-state index in [0.29, 0.717) is 23.9 Å². The first kappa shape index (κ1) is 14.8. The minimum atomic E-state index is 0.384. The molecule has 5 nitrogen and oxygen atoms in total. The van der Waals surface area contributed by atoms with Gasteiger partial charge in [-0.1, -0.05) is 0 Å². The summed E-state index contributed by atoms with van der Waals surface area (Å²) in [6, 6.07) is 0. The van der Waals surface area contributed by atoms with Crippen LogP contribution in [0.3, 0.4) is 0 Å². The zero-order valence-corrected chi connectivity index (χ0v) is 12.9. The van der Waals surface area contributed by atoms with Crippen molar-refractivity contribution in [1.29, 1.82) is 0 Å². The lowest BCUT2D eigenvalue weighted by Crippen LogP contribution is -2.34. The summed E-state index contributed by atoms with van der Waals surface area (Å²) >= 11 is 0. The van der Waals surface area contributed by atoms with E-state index in [-0.39, 0.29) is 0 Å². The maximum atomic E-state index is 9.27. The van der Waals surface area contributed by atoms with Crippen LogP contribution < -0.4 is 10.7 Å². The number of aliphatic hydroxyl groups is 1. The van der Waals surface area contributed by atoms with Gasteiger partial charge in [0.25, 0.3) is 0 Å². The van der Waals surface area contributed by atoms with Crippen LogP contribution in [0.25, 0.3) is 0 Å². The second-order valence-electron chi connectivity index (χ2n) is 7.01. The Morgan fingerprint density at radius 3 is 2.57 bits per heavy atom. The number of hydrogen-bond donors (Lipinski definition) is 3. The number of aliphatic hydroxyl groups excluding tert-OH is 1. The first-order chi connectivity index (χ1) is 10.3. The summed E-state index contributed by atoms with van der Waals surface area (Å²) in [5.41, 5.74) is 3.58. The highest BCUT2D eigenvalue weighted by Gasteiger charge is 2.37. The van der Waals surface area contributed by atoms with Gasteiger partial charge in [-0.15, -0.1) is 0 Å². The number of hydrazone groups is 1. The van der Waals surface area contributed by atoms with E-state index in [1.807, 2.05) is 0 Å². The summed E-state index contributed by atoms with van der Waals surface area (Å²) < 4.78 is 0. The molecule has 21 heavy (non-hydrogen) atoms. The van der Waals surface area contributed by atoms with Crippen molar-refractivity contribution in [3.63, 3.8) is 0 Å². The summed E-state index contributed by atoms with van der Waals surface area (Å²) in [7, 11) is 0. The van der Waals surface area contributed by atoms with E-state index >= 15 is 0 Å². The molecule has 2 saturated carbocycles. The van der Waals surface area contributed by atoms with Gasteiger partial charge in [-0.2, -0.15) is 5.10 Å². The smallest absolute Gasteiger partial charge is 0.212 e. The van der Waals surface area contributed by atoms with E-state index in [1.165, 1.54) is 51.4 Å². The second kappa shape index (κ2) is 6.77. The molecule has 1 heterocycles. The van der Waals surface area contributed by atoms with Crippen LogP contribution in [-0.2, 0) is 0 Å². The Labute approximate surface area is 127 Å². The fourth-order valence-corrected chi connectivity index (χ4v) is 4.05. The van der Waals surface area contributed by atoms with Gasteiger partial charge in [0, 0.05) is 19.4 Å². The number of nitrogens with one attached hydrogen (secondary N) is 2. The Bertz CT molecular complexity index is 389. The fraction of sp³-hybridized carbons (Fsp3) is 0.875. The third-order valence-electron chi connectivity index (χ3n) is 5.64. The molecule has 2 aliphatic carbocycles. The highest BCUT2D eigenvalue weighted by molar-refractivity contribution is 5.81. The third-order valence-corrected chi connectivity index (χ3v) is 5.64. The van der Waals surface area contributed by atoms with Crippen LogP contribution in [0.1, 0.15) is 51.4 Å². The number of nitrogens with zero attached hydrogens (tertiary/aromatic N) is 2. The Balaban J connectivity index is 1.41. The molecular formula is C16H28N4O. The fourth-order valence-electron chi connectivity index (χ4n) is 4.05. The molecule has 0 aromatic heterocycles. The lowest BCUT2D eigenvalue weighted by Gasteiger charge is -2.44. The lowest BCUT2D eigenvalue weighted by molar-refractivity contribution is 0.0674. The summed E-state index contributed by atoms with van der Waals surface area (Å²) in [6.07, 6.45) is 12.4. The van der Waals surface area contributed by atoms with Gasteiger partial charge < -0.3 is 10.4 Å². The van der Waals surface area contributed by atoms with Crippen molar-refractivity contribution in [3.05, 3.63) is 0 Å². The monoisotopic (exact) mass is 292 g/mol. The van der Waals surface area contributed by atoms with E-state index in [4.69, 9.17) is 0 Å². The van der Waals surface area contributed by atoms with E-state index < -0.39 is 0 Å². The molecule has 0 unspecified atom stereocenters. The third kappa shape index (κ3) is 3.76. The zero-order chi connectivity index (χ0) is 14.5. The van der Waals surface area contributed by atoms with Crippen LogP contribution in [0, 0.1) is 17.3 Å². The van der Waals surface area contributed by atoms with Crippen molar-refractivity contribution in [2.24, 2.45) is 27.3 Å². The molecule has 2 fully saturated rings. The summed E-state index contributed by atoms with van der Waals surface area (Å²) in [6.45, 7) is 2.15. The van der Waals surface area contributed by atoms with Crippen molar-refractivity contribution >= 4 is 12.2 Å². The number of guanidine groups is 1. The molecule has 1 aliphatic heterocycles. The number of hydrogen-bond acceptors (Lipinski definition) is 5. The SMILES string of the molecule is OCC1CCC2(CCC(/C=N/NC3=NCCN3)CC2)CC1. The molecule has 3 aliphatic rings. The molecule has 5 heteroatoms. The van der Waals surface area contributed by atoms with E-state index in [2.05, 4.69) is 27.1 Å². The average molecular weight is 292 g/mol. The molecule has 0 aromatic carbocycles. The highest BCUT2D eigenvalue weighted by Crippen LogP contribution is 2.49. The predicted octanol–water partition coefficient (Wildman–Crippen LogP) is 1.88. The van der Waals surface area contributed by atoms with Crippen molar-refractivity contribution in [3.8, 4) is 0 Å². The summed E-state index contributed by atoms with van der Waals surface area (Å²) in [5.74, 6) is 1.99. The maximum Gasteiger partial charge on any atom is 0.212 e. The Hall–Kier alpha value is -1.10. The highest BCUT2D eigenvalue weighted by atomic mass is 16.3. The lowest BCUT2D eigenvalue weighted by atomic mass is 9.62. The standard InChI is InChI=1S/C16H28N4O/c21-12-14-3-7-16(8-4-14)5-1-13(2-6-16)11-19-20-15-17-9-10-18-15/h11,13-14,21H,1-10,12H2,(H2,17,18,20)/b19-11+. The molecule has 3 rings (SSSR count). The molecule has 0 saturated heterocycles. The minimum absolute atomic E-state index is 0.384. The normalized spacial score (nSPS) is 36.7. The number of rotatable bonds is 3. The quantitative estimate of drug-likeness (QED) is 0.549. The van der Waals surface area contributed by atoms with Gasteiger partial charge in [-0.05, 0) is 68.6 Å². The number of aliphatic imine (C=N–C) groups is 1. The van der Waals surface area contributed by atoms with Gasteiger partial charge in [0.05, 0.1) is 6.54 Å². The Morgan fingerprint density at radius 2 is 1.95 bits per heavy atom. The molecule has 0 atom stereocenters. The van der Waals surface area contributed by atoms with Gasteiger partial charge in [0.15, 0.2) is 0 Å². The molecule has 0 amide bonds. The minimum Gasteiger partial charge on any atom is -0.396 e. The van der Waals surface area contributed by atoms with Crippen LogP contribution in [0.15, 0.2) is 10.1 Å². The van der Waals surface area contributed by atoms with Gasteiger partial charge in [0.1, 0.15) is 0 Å². The Morgan fingerprint density at radius 1 is 1.24 bits per heavy atom. The van der Waals surface area contributed by atoms with Crippen molar-refractivity contribution in [2.45, 2.75) is 51.4 Å². The predicted molar refractivity (Wildman–Crippen MR) is 85.4 cm³/mol. The molecule has 1 spiro atoms. The molecular weight excluding hydrogens is 264 g/mol. The summed E-state index contributed by atoms with van der Waals surface area (Å²) in [4.78, 5) is 4.26. The molecule has 0 radical (unpaired) electrons. The van der Waals surface area contributed by atoms with Crippen molar-refractivity contribution in [1.82, 2.24) is 10.7 Å². The largest absolute Gasteiger partial charge is 0.396 e. The van der Waals surface area contributed by atoms with Gasteiger partial charge >= 0.3 is 0 Å². The molecule has 118 valence electrons. The van der Waals surface area contributed by atoms with Crippen LogP contribution >= 0.6 is 0 Å². The van der Waals surface area contributed by atoms with Gasteiger partial charge in [0.2, 0.25) is 5.96 Å². The van der Waals surface area contributed by atoms with Crippen LogP contribution in [0.2, 0.25) is 0 Å². The first-order valence-corrected chi connectivity index (χ1v) is 8.48. The van der Waals surface area contributed by atoms with Crippen LogP contribution in [0.5, 0.6) is 0 Å². The molecule has 0 bridgehead atoms. The second-order valence-corrected chi connectivity index (χ2v) is 7.01. The van der Waals surface area contributed by atoms with E-state index in [1.54, 1.807) is 0 Å². The van der Waals surface area contributed by atoms with Crippen molar-refractivity contribution in [2.75, 3.05) is 19.7 Å².